The van der Waals surface area contributed by atoms with Gasteiger partial charge in [-0.05, 0) is 0 Å². The number of thioether (sulfide) groups is 8. The van der Waals surface area contributed by atoms with Crippen LogP contribution in [0.2, 0.25) is 0 Å². The first-order valence-electron chi connectivity index (χ1n) is 36.5. The second-order valence-corrected chi connectivity index (χ2v) is 51.8. The van der Waals surface area contributed by atoms with Crippen molar-refractivity contribution in [2.45, 2.75) is 246 Å². The molecule has 30 aliphatic rings. The zero-order valence-corrected chi connectivity index (χ0v) is 101. The summed E-state index contributed by atoms with van der Waals surface area (Å²) in [5.41, 5.74) is 0. The average Bonchev–Trinajstić information content (AvgIpc) is 0.768. The van der Waals surface area contributed by atoms with Gasteiger partial charge in [0, 0.05) is 46.0 Å². The van der Waals surface area contributed by atoms with Crippen LogP contribution in [0.3, 0.4) is 0 Å². The van der Waals surface area contributed by atoms with Gasteiger partial charge in [-0.1, -0.05) is 0 Å². The Morgan fingerprint density at radius 1 is 0.154 bits per heavy atom. The monoisotopic (exact) mass is 2350 g/mol. The van der Waals surface area contributed by atoms with Crippen LogP contribution in [0.4, 0.5) is 0 Å². The van der Waals surface area contributed by atoms with Gasteiger partial charge in [-0.3, -0.25) is 0 Å². The summed E-state index contributed by atoms with van der Waals surface area (Å²) in [4.78, 5) is 0. The molecule has 30 saturated heterocycles. The number of ether oxygens (including phenoxy) is 16. The van der Waals surface area contributed by atoms with Crippen molar-refractivity contribution in [3.63, 3.8) is 0 Å². The van der Waals surface area contributed by atoms with Crippen LogP contribution in [0.15, 0.2) is 0 Å². The molecule has 0 unspecified atom stereocenters. The molecule has 0 radical (unpaired) electrons. The summed E-state index contributed by atoms with van der Waals surface area (Å²) in [5.74, 6) is -7.22. The van der Waals surface area contributed by atoms with Crippen LogP contribution in [0.25, 0.3) is 0 Å². The molecule has 30 fully saturated rings. The van der Waals surface area contributed by atoms with Gasteiger partial charge in [0.25, 0.3) is 0 Å². The number of aliphatic hydroxyl groups excluding tert-OH is 16. The number of rotatable bonds is 32. The Bertz CT molecular complexity index is 3730. The predicted octanol–water partition coefficient (Wildman–Crippen LogP) is -39.4. The van der Waals surface area contributed by atoms with Crippen LogP contribution in [0.5, 0.6) is 0 Å². The summed E-state index contributed by atoms with van der Waals surface area (Å²) in [7, 11) is -41.7. The van der Waals surface area contributed by atoms with Crippen LogP contribution >= 0.6 is 94.1 Å². The molecule has 16 N–H and O–H groups in total. The summed E-state index contributed by atoms with van der Waals surface area (Å²) in [6.07, 6.45) is -96.8. The van der Waals surface area contributed by atoms with Gasteiger partial charge in [0.2, 0.25) is 0 Å². The molecule has 0 spiro atoms. The Kier molecular flexibility index (Phi) is 65.5. The van der Waals surface area contributed by atoms with Gasteiger partial charge in [0.1, 0.15) is 227 Å². The van der Waals surface area contributed by atoms with Gasteiger partial charge in [0.05, 0.1) is 89.5 Å². The maximum atomic E-state index is 12.1. The zero-order valence-electron chi connectivity index (χ0n) is 72.4. The van der Waals surface area contributed by atoms with Gasteiger partial charge in [-0.2, -0.15) is 0 Å². The minimum absolute atomic E-state index is 0. The van der Waals surface area contributed by atoms with E-state index in [1.54, 1.807) is 0 Å². The molecule has 0 aromatic rings. The topological polar surface area (TPSA) is 929 Å². The fraction of sp³-hybridized carbons (Fsp3) is 1.00. The Balaban J connectivity index is 0.0000116. The first-order valence-corrected chi connectivity index (χ1v) is 58.4. The van der Waals surface area contributed by atoms with Gasteiger partial charge in [-0.15, -0.1) is 94.1 Å². The third kappa shape index (κ3) is 43.5. The Labute approximate surface area is 990 Å². The first-order chi connectivity index (χ1) is 59.1. The molecule has 16 bridgehead atoms. The summed E-state index contributed by atoms with van der Waals surface area (Å²) in [5, 5.41) is 181. The number of hydrogen-bond donors (Lipinski definition) is 16. The fourth-order valence-corrected chi connectivity index (χ4v) is 27.5. The fourth-order valence-electron chi connectivity index (χ4n) is 13.9. The van der Waals surface area contributed by atoms with Crippen molar-refractivity contribution in [3.8, 4) is 0 Å². The van der Waals surface area contributed by atoms with Crippen molar-refractivity contribution in [2.24, 2.45) is 0 Å². The van der Waals surface area contributed by atoms with E-state index in [1.165, 1.54) is 0 Å². The Morgan fingerprint density at radius 3 is 0.309 bits per heavy atom. The number of hydrogen-bond acceptors (Lipinski definition) is 64. The molecule has 40 atom stereocenters. The summed E-state index contributed by atoms with van der Waals surface area (Å²) in [6, 6.07) is 0. The van der Waals surface area contributed by atoms with E-state index in [9.17, 15) is 185 Å². The largest absolute Gasteiger partial charge is 1.00 e. The van der Waals surface area contributed by atoms with Crippen molar-refractivity contribution in [2.75, 3.05) is 86.7 Å². The van der Waals surface area contributed by atoms with E-state index < -0.39 is 413 Å². The van der Waals surface area contributed by atoms with Crippen LogP contribution in [-0.2, 0) is 157 Å². The molecule has 0 aromatic carbocycles. The molecule has 30 rings (SSSR count). The van der Waals surface area contributed by atoms with E-state index in [4.69, 9.17) is 75.8 Å². The van der Waals surface area contributed by atoms with E-state index in [0.29, 0.717) is 0 Å². The second kappa shape index (κ2) is 62.4. The molecular weight excluding hydrogens is 2270 g/mol. The van der Waals surface area contributed by atoms with E-state index in [0.717, 1.165) is 0 Å². The van der Waals surface area contributed by atoms with E-state index in [1.807, 2.05) is 0 Å². The SMILES string of the molecule is O=S(=O)([O-])CSC[C@H]1O[C@@H]2O[C@H]3[C@H](O)[C@@H](O)[C@@H](O[C@H]4[C@H](O)[C@@H](O)[C@@H](O[C@H]5[C@H](O)[C@@H](O)[C@@H](O[C@H]6[C@H](O)[C@@H](O)[C@@H](O[C@H]7[C@H](O)[C@@H](O)[C@@H](O[C@H]8[C@H](O)[C@@H](O)[C@@H](O[C@H]9[C@H](O)[C@@H](O)[C@@H](O[C@H]1[C@H](O)[C@H]2O)O[C@@H]9CSCS(=O)(=O)[O-])O[C@@H]8CSCS(=O)(=O)[O-])O[C@@H]7CSCS(=O)(=O)[O-])O[C@@H]6CSCS(=O)(=O)[O-])O[C@@H]5CSCS(=O)(=O)[O-])O[C@@H]4CSCS(=O)(=O)[O-])O[C@@H]3CSCS(=O)(=O)[O-].[Na+].[Na+].[Na+].[Na+].[Na+].[Na+].[Na+].[Na+]. The van der Waals surface area contributed by atoms with Crippen LogP contribution in [-0.4, -0.2) is 518 Å². The smallest absolute Gasteiger partial charge is 0.747 e. The standard InChI is InChI=1S/C56H96O56S16.8Na/c57-25-33(65)49-97-17(1-113-9-121(73,74)75)41(25)105-50-34(66)26(58)43(19(98-50)3-115-11-123(79,80)81)107-52-36(68)28(60)45(21(100-52)5-117-13-125(85,86)87)109-54-38(70)30(62)47(23(102-54)7-119-15-127(91,92)93)111-56-40(72)32(64)48(24(104-56)8-120-16-128(94,95)96)112-55-39(71)31(63)46(22(103-55)6-118-14-126(88,89)90)110-53-37(69)29(61)44(20(101-53)4-116-12-124(82,83)84)108-51-35(67)27(59)42(106-49)18(99-51)2-114-10-122(76,77)78;;;;;;;;/h17-72H,1-16H2,(H,73,74,75)(H,76,77,78)(H,79,80,81)(H,82,83,84)(H,85,86,87)(H,88,89,90)(H,91,92,93)(H,94,95,96);;;;;;;;/q;8*+1/p-8/t17-,18-,19-,20-,21-,22-,23-,24-,25-,26-,27-,28-,29-,30-,31-,32-,33-,34-,35-,36-,37-,38-,39-,40-,41-,42-,43-,44-,45-,46-,47-,48-,49-,50-,51-,52-,53-,54-,55-,56-;;;;;;;;/m1......../s1. The van der Waals surface area contributed by atoms with Gasteiger partial charge in [0.15, 0.2) is 50.3 Å². The third-order valence-corrected chi connectivity index (χ3v) is 38.6. The second-order valence-electron chi connectivity index (χ2n) is 29.4. The Morgan fingerprint density at radius 2 is 0.235 bits per heavy atom. The van der Waals surface area contributed by atoms with Crippen molar-refractivity contribution in [3.05, 3.63) is 0 Å². The third-order valence-electron chi connectivity index (χ3n) is 19.5. The maximum Gasteiger partial charge on any atom is 1.00 e. The zero-order chi connectivity index (χ0) is 95.4. The molecule has 752 valence electrons. The molecule has 136 heavy (non-hydrogen) atoms. The van der Waals surface area contributed by atoms with Gasteiger partial charge < -0.3 is 194 Å². The molecule has 0 aromatic heterocycles. The summed E-state index contributed by atoms with van der Waals surface area (Å²) >= 11 is 1.46. The molecule has 30 aliphatic heterocycles. The normalized spacial score (nSPS) is 40.3. The molecule has 80 heteroatoms. The van der Waals surface area contributed by atoms with Crippen LogP contribution in [0, 0.1) is 0 Å². The number of aliphatic hydroxyl groups is 16. The van der Waals surface area contributed by atoms with Crippen molar-refractivity contribution in [1.82, 2.24) is 0 Å². The average molecular weight is 2350 g/mol. The molecule has 0 amide bonds. The summed E-state index contributed by atoms with van der Waals surface area (Å²) in [6.45, 7) is 0. The van der Waals surface area contributed by atoms with Gasteiger partial charge >= 0.3 is 236 Å². The van der Waals surface area contributed by atoms with Crippen molar-refractivity contribution < 1.29 is 498 Å². The summed E-state index contributed by atoms with van der Waals surface area (Å²) < 4.78 is 383. The quantitative estimate of drug-likeness (QED) is 0.0220. The van der Waals surface area contributed by atoms with E-state index >= 15 is 0 Å². The minimum atomic E-state index is -5.22. The van der Waals surface area contributed by atoms with Crippen LogP contribution in [0.1, 0.15) is 0 Å². The van der Waals surface area contributed by atoms with Crippen molar-refractivity contribution in [1.29, 1.82) is 0 Å². The molecule has 0 aliphatic carbocycles. The van der Waals surface area contributed by atoms with Gasteiger partial charge in [-0.25, -0.2) is 67.3 Å². The molecular formula is C56H88Na8O56S16. The molecule has 30 heterocycles. The van der Waals surface area contributed by atoms with Crippen molar-refractivity contribution >= 4 is 175 Å². The predicted molar refractivity (Wildman–Crippen MR) is 421 cm³/mol. The maximum absolute atomic E-state index is 12.1. The minimum Gasteiger partial charge on any atom is -0.747 e. The van der Waals surface area contributed by atoms with E-state index in [2.05, 4.69) is 0 Å². The molecule has 56 nitrogen and oxygen atoms in total. The first kappa shape index (κ1) is 143. The molecule has 0 saturated carbocycles. The van der Waals surface area contributed by atoms with Crippen LogP contribution < -0.4 is 236 Å². The Hall–Kier alpha value is 8.80. The van der Waals surface area contributed by atoms with E-state index in [-0.39, 0.29) is 331 Å².